The first kappa shape index (κ1) is 15.6. The minimum Gasteiger partial charge on any atom is -0.494 e. The highest BCUT2D eigenvalue weighted by Crippen LogP contribution is 2.28. The minimum atomic E-state index is -0.112. The Labute approximate surface area is 125 Å². The predicted octanol–water partition coefficient (Wildman–Crippen LogP) is 3.41. The van der Waals surface area contributed by atoms with E-state index < -0.39 is 0 Å². The summed E-state index contributed by atoms with van der Waals surface area (Å²) in [5, 5.41) is 12.3. The number of ether oxygens (including phenoxy) is 1. The van der Waals surface area contributed by atoms with Crippen LogP contribution in [0.25, 0.3) is 0 Å². The zero-order valence-electron chi connectivity index (χ0n) is 12.7. The molecule has 0 atom stereocenters. The van der Waals surface area contributed by atoms with Gasteiger partial charge >= 0.3 is 0 Å². The van der Waals surface area contributed by atoms with Crippen LogP contribution in [0.5, 0.6) is 5.75 Å². The average Bonchev–Trinajstić information content (AvgIpc) is 3.02. The van der Waals surface area contributed by atoms with Crippen molar-refractivity contribution in [1.82, 2.24) is 0 Å². The molecule has 0 radical (unpaired) electrons. The number of allylic oxidation sites excluding steroid dienone is 1. The highest BCUT2D eigenvalue weighted by molar-refractivity contribution is 6.03. The fraction of sp³-hybridized carbons (Fsp3) is 0.471. The normalized spacial score (nSPS) is 14.1. The van der Waals surface area contributed by atoms with E-state index in [-0.39, 0.29) is 12.5 Å². The van der Waals surface area contributed by atoms with Gasteiger partial charge in [0, 0.05) is 16.8 Å². The number of carbonyl (C=O) groups is 1. The number of nitrogens with one attached hydrogen (secondary N) is 1. The van der Waals surface area contributed by atoms with Crippen molar-refractivity contribution in [2.75, 3.05) is 11.9 Å². The van der Waals surface area contributed by atoms with E-state index in [0.717, 1.165) is 18.4 Å². The molecule has 0 unspecified atom stereocenters. The van der Waals surface area contributed by atoms with Crippen LogP contribution in [0.1, 0.15) is 45.1 Å². The number of carbonyl (C=O) groups excluding carboxylic acids is 1. The Morgan fingerprint density at radius 1 is 1.33 bits per heavy atom. The number of aliphatic hydroxyl groups is 1. The number of hydrogen-bond acceptors (Lipinski definition) is 3. The Bertz CT molecular complexity index is 541. The molecule has 2 rings (SSSR count). The van der Waals surface area contributed by atoms with Crippen molar-refractivity contribution in [2.24, 2.45) is 0 Å². The maximum Gasteiger partial charge on any atom is 0.251 e. The molecule has 0 aliphatic heterocycles. The van der Waals surface area contributed by atoms with Gasteiger partial charge in [0.15, 0.2) is 0 Å². The van der Waals surface area contributed by atoms with Gasteiger partial charge in [0.05, 0.1) is 13.2 Å². The molecule has 1 aromatic rings. The van der Waals surface area contributed by atoms with Crippen LogP contribution in [0.4, 0.5) is 5.69 Å². The van der Waals surface area contributed by atoms with Crippen molar-refractivity contribution in [2.45, 2.75) is 46.1 Å². The fourth-order valence-corrected chi connectivity index (χ4v) is 2.64. The highest BCUT2D eigenvalue weighted by atomic mass is 16.5. The van der Waals surface area contributed by atoms with Crippen molar-refractivity contribution in [1.29, 1.82) is 0 Å². The summed E-state index contributed by atoms with van der Waals surface area (Å²) in [5.74, 6) is 0.601. The number of rotatable bonds is 5. The number of aliphatic hydroxyl groups excluding tert-OH is 1. The first-order chi connectivity index (χ1) is 10.2. The molecule has 1 aromatic carbocycles. The second-order valence-corrected chi connectivity index (χ2v) is 5.30. The molecule has 4 heteroatoms. The molecule has 0 spiro atoms. The zero-order valence-corrected chi connectivity index (χ0v) is 12.7. The topological polar surface area (TPSA) is 58.6 Å². The summed E-state index contributed by atoms with van der Waals surface area (Å²) in [6.07, 6.45) is 4.42. The lowest BCUT2D eigenvalue weighted by molar-refractivity contribution is -0.112. The molecule has 21 heavy (non-hydrogen) atoms. The molecule has 0 saturated heterocycles. The van der Waals surface area contributed by atoms with Crippen molar-refractivity contribution in [3.05, 3.63) is 34.9 Å². The molecule has 2 N–H and O–H groups in total. The Morgan fingerprint density at radius 3 is 2.67 bits per heavy atom. The van der Waals surface area contributed by atoms with Crippen LogP contribution in [-0.2, 0) is 11.4 Å². The van der Waals surface area contributed by atoms with Crippen LogP contribution in [0, 0.1) is 0 Å². The summed E-state index contributed by atoms with van der Waals surface area (Å²) in [7, 11) is 0. The van der Waals surface area contributed by atoms with Crippen LogP contribution in [-0.4, -0.2) is 17.6 Å². The van der Waals surface area contributed by atoms with Gasteiger partial charge < -0.3 is 15.2 Å². The lowest BCUT2D eigenvalue weighted by Gasteiger charge is -2.12. The molecule has 0 bridgehead atoms. The van der Waals surface area contributed by atoms with E-state index in [0.29, 0.717) is 23.6 Å². The third-order valence-electron chi connectivity index (χ3n) is 3.87. The summed E-state index contributed by atoms with van der Waals surface area (Å²) in [6.45, 7) is 4.22. The molecule has 1 aliphatic carbocycles. The molecular weight excluding hydrogens is 266 g/mol. The average molecular weight is 289 g/mol. The third kappa shape index (κ3) is 3.85. The number of hydrogen-bond donors (Lipinski definition) is 2. The van der Waals surface area contributed by atoms with Gasteiger partial charge in [0.1, 0.15) is 5.75 Å². The first-order valence-corrected chi connectivity index (χ1v) is 7.52. The lowest BCUT2D eigenvalue weighted by atomic mass is 10.1. The van der Waals surface area contributed by atoms with E-state index >= 15 is 0 Å². The maximum absolute atomic E-state index is 12.2. The van der Waals surface area contributed by atoms with Crippen LogP contribution >= 0.6 is 0 Å². The molecule has 0 aromatic heterocycles. The summed E-state index contributed by atoms with van der Waals surface area (Å²) >= 11 is 0. The van der Waals surface area contributed by atoms with Gasteiger partial charge in [-0.15, -0.1) is 0 Å². The Balaban J connectivity index is 2.12. The number of anilines is 1. The van der Waals surface area contributed by atoms with E-state index in [1.54, 1.807) is 18.2 Å². The van der Waals surface area contributed by atoms with Crippen molar-refractivity contribution < 1.29 is 14.6 Å². The van der Waals surface area contributed by atoms with Gasteiger partial charge in [0.25, 0.3) is 5.91 Å². The van der Waals surface area contributed by atoms with E-state index in [1.165, 1.54) is 18.4 Å². The maximum atomic E-state index is 12.2. The smallest absolute Gasteiger partial charge is 0.251 e. The molecule has 1 saturated carbocycles. The predicted molar refractivity (Wildman–Crippen MR) is 83.3 cm³/mol. The largest absolute Gasteiger partial charge is 0.494 e. The number of benzene rings is 1. The Hall–Kier alpha value is -1.81. The summed E-state index contributed by atoms with van der Waals surface area (Å²) in [6, 6.07) is 5.34. The fourth-order valence-electron chi connectivity index (χ4n) is 2.64. The van der Waals surface area contributed by atoms with E-state index in [2.05, 4.69) is 5.32 Å². The van der Waals surface area contributed by atoms with Gasteiger partial charge in [-0.1, -0.05) is 5.57 Å². The zero-order chi connectivity index (χ0) is 15.2. The summed E-state index contributed by atoms with van der Waals surface area (Å²) < 4.78 is 5.43. The van der Waals surface area contributed by atoms with Crippen LogP contribution < -0.4 is 10.1 Å². The van der Waals surface area contributed by atoms with Gasteiger partial charge in [-0.25, -0.2) is 0 Å². The number of amides is 1. The summed E-state index contributed by atoms with van der Waals surface area (Å²) in [4.78, 5) is 12.2. The van der Waals surface area contributed by atoms with Gasteiger partial charge in [-0.3, -0.25) is 4.79 Å². The molecule has 114 valence electrons. The Morgan fingerprint density at radius 2 is 2.05 bits per heavy atom. The van der Waals surface area contributed by atoms with E-state index in [4.69, 9.17) is 4.74 Å². The lowest BCUT2D eigenvalue weighted by Crippen LogP contribution is -2.14. The van der Waals surface area contributed by atoms with E-state index in [9.17, 15) is 9.90 Å². The second kappa shape index (κ2) is 7.27. The van der Waals surface area contributed by atoms with Gasteiger partial charge in [-0.05, 0) is 57.7 Å². The quantitative estimate of drug-likeness (QED) is 0.817. The van der Waals surface area contributed by atoms with Crippen LogP contribution in [0.15, 0.2) is 29.3 Å². The standard InChI is InChI=1S/C17H23NO3/c1-3-21-16-9-8-15(10-14(16)11-19)18-17(20)12(2)13-6-4-5-7-13/h8-10,19H,3-7,11H2,1-2H3,(H,18,20). The molecule has 1 fully saturated rings. The molecular formula is C17H23NO3. The SMILES string of the molecule is CCOc1ccc(NC(=O)C(C)=C2CCCC2)cc1CO. The minimum absolute atomic E-state index is 0.0556. The van der Waals surface area contributed by atoms with Gasteiger partial charge in [0.2, 0.25) is 0 Å². The highest BCUT2D eigenvalue weighted by Gasteiger charge is 2.15. The van der Waals surface area contributed by atoms with Crippen LogP contribution in [0.3, 0.4) is 0 Å². The Kier molecular flexibility index (Phi) is 5.39. The molecule has 1 amide bonds. The van der Waals surface area contributed by atoms with Crippen LogP contribution in [0.2, 0.25) is 0 Å². The monoisotopic (exact) mass is 289 g/mol. The third-order valence-corrected chi connectivity index (χ3v) is 3.87. The van der Waals surface area contributed by atoms with Crippen molar-refractivity contribution in [3.63, 3.8) is 0 Å². The first-order valence-electron chi connectivity index (χ1n) is 7.52. The summed E-state index contributed by atoms with van der Waals surface area (Å²) in [5.41, 5.74) is 3.46. The van der Waals surface area contributed by atoms with Crippen molar-refractivity contribution in [3.8, 4) is 5.75 Å². The molecule has 1 aliphatic rings. The van der Waals surface area contributed by atoms with E-state index in [1.807, 2.05) is 13.8 Å². The van der Waals surface area contributed by atoms with Crippen molar-refractivity contribution >= 4 is 11.6 Å². The molecule has 0 heterocycles. The second-order valence-electron chi connectivity index (χ2n) is 5.30. The van der Waals surface area contributed by atoms with Gasteiger partial charge in [-0.2, -0.15) is 0 Å². The molecule has 4 nitrogen and oxygen atoms in total.